The fraction of sp³-hybridized carbons (Fsp3) is 0.700. The van der Waals surface area contributed by atoms with Crippen LogP contribution >= 0.6 is 12.4 Å². The lowest BCUT2D eigenvalue weighted by Gasteiger charge is -2.28. The second-order valence-electron chi connectivity index (χ2n) is 3.96. The lowest BCUT2D eigenvalue weighted by molar-refractivity contribution is 0.251. The SMILES string of the molecule is CN1CCC(c2ccnn2C)CC1.Cl. The first-order valence-electron chi connectivity index (χ1n) is 4.94. The second-order valence-corrected chi connectivity index (χ2v) is 3.96. The van der Waals surface area contributed by atoms with Crippen LogP contribution in [0.1, 0.15) is 24.5 Å². The van der Waals surface area contributed by atoms with Crippen molar-refractivity contribution in [1.29, 1.82) is 0 Å². The molecule has 2 heterocycles. The highest BCUT2D eigenvalue weighted by Gasteiger charge is 2.20. The van der Waals surface area contributed by atoms with Crippen LogP contribution in [0.4, 0.5) is 0 Å². The van der Waals surface area contributed by atoms with Gasteiger partial charge in [0.25, 0.3) is 0 Å². The molecule has 0 N–H and O–H groups in total. The van der Waals surface area contributed by atoms with Crippen LogP contribution in [0.25, 0.3) is 0 Å². The molecule has 0 atom stereocenters. The highest BCUT2D eigenvalue weighted by atomic mass is 35.5. The third-order valence-corrected chi connectivity index (χ3v) is 3.00. The van der Waals surface area contributed by atoms with E-state index < -0.39 is 0 Å². The van der Waals surface area contributed by atoms with Gasteiger partial charge in [-0.2, -0.15) is 5.10 Å². The van der Waals surface area contributed by atoms with Crippen LogP contribution in [-0.4, -0.2) is 34.8 Å². The number of hydrogen-bond acceptors (Lipinski definition) is 2. The van der Waals surface area contributed by atoms with E-state index in [0.717, 1.165) is 5.92 Å². The van der Waals surface area contributed by atoms with Crippen LogP contribution in [0.3, 0.4) is 0 Å². The molecule has 14 heavy (non-hydrogen) atoms. The van der Waals surface area contributed by atoms with Crippen LogP contribution in [-0.2, 0) is 7.05 Å². The average molecular weight is 216 g/mol. The maximum atomic E-state index is 4.21. The van der Waals surface area contributed by atoms with Crippen molar-refractivity contribution in [3.8, 4) is 0 Å². The van der Waals surface area contributed by atoms with E-state index in [-0.39, 0.29) is 12.4 Å². The minimum atomic E-state index is 0. The summed E-state index contributed by atoms with van der Waals surface area (Å²) in [5, 5.41) is 4.21. The summed E-state index contributed by atoms with van der Waals surface area (Å²) >= 11 is 0. The Morgan fingerprint density at radius 1 is 1.29 bits per heavy atom. The zero-order chi connectivity index (χ0) is 9.26. The largest absolute Gasteiger partial charge is 0.306 e. The highest BCUT2D eigenvalue weighted by molar-refractivity contribution is 5.85. The van der Waals surface area contributed by atoms with Gasteiger partial charge in [-0.3, -0.25) is 4.68 Å². The van der Waals surface area contributed by atoms with E-state index >= 15 is 0 Å². The van der Waals surface area contributed by atoms with Crippen LogP contribution in [0.5, 0.6) is 0 Å². The van der Waals surface area contributed by atoms with Crippen molar-refractivity contribution < 1.29 is 0 Å². The number of aryl methyl sites for hydroxylation is 1. The van der Waals surface area contributed by atoms with E-state index in [0.29, 0.717) is 0 Å². The Bertz CT molecular complexity index is 277. The quantitative estimate of drug-likeness (QED) is 0.711. The van der Waals surface area contributed by atoms with Gasteiger partial charge in [0.15, 0.2) is 0 Å². The normalized spacial score (nSPS) is 19.3. The molecule has 1 aromatic heterocycles. The van der Waals surface area contributed by atoms with Crippen molar-refractivity contribution in [2.75, 3.05) is 20.1 Å². The Morgan fingerprint density at radius 2 is 1.93 bits per heavy atom. The van der Waals surface area contributed by atoms with Gasteiger partial charge in [-0.15, -0.1) is 12.4 Å². The first-order valence-corrected chi connectivity index (χ1v) is 4.94. The maximum Gasteiger partial charge on any atom is 0.0492 e. The molecule has 0 unspecified atom stereocenters. The molecule has 0 radical (unpaired) electrons. The first-order chi connectivity index (χ1) is 6.27. The zero-order valence-corrected chi connectivity index (χ0v) is 9.63. The zero-order valence-electron chi connectivity index (χ0n) is 8.81. The van der Waals surface area contributed by atoms with Gasteiger partial charge in [0.05, 0.1) is 0 Å². The van der Waals surface area contributed by atoms with Gasteiger partial charge < -0.3 is 4.90 Å². The molecule has 1 fully saturated rings. The highest BCUT2D eigenvalue weighted by Crippen LogP contribution is 2.26. The van der Waals surface area contributed by atoms with E-state index in [2.05, 4.69) is 23.1 Å². The van der Waals surface area contributed by atoms with Crippen LogP contribution in [0.2, 0.25) is 0 Å². The molecule has 4 heteroatoms. The van der Waals surface area contributed by atoms with E-state index in [1.807, 2.05) is 17.9 Å². The minimum absolute atomic E-state index is 0. The average Bonchev–Trinajstić information content (AvgIpc) is 2.53. The monoisotopic (exact) mass is 215 g/mol. The van der Waals surface area contributed by atoms with Crippen molar-refractivity contribution in [1.82, 2.24) is 14.7 Å². The molecule has 1 saturated heterocycles. The summed E-state index contributed by atoms with van der Waals surface area (Å²) in [5.74, 6) is 0.726. The van der Waals surface area contributed by atoms with Gasteiger partial charge in [0, 0.05) is 24.9 Å². The minimum Gasteiger partial charge on any atom is -0.306 e. The molecular weight excluding hydrogens is 198 g/mol. The summed E-state index contributed by atoms with van der Waals surface area (Å²) < 4.78 is 2.01. The Kier molecular flexibility index (Phi) is 3.96. The van der Waals surface area contributed by atoms with Crippen molar-refractivity contribution in [2.45, 2.75) is 18.8 Å². The Hall–Kier alpha value is -0.540. The molecule has 1 aromatic rings. The van der Waals surface area contributed by atoms with Crippen LogP contribution < -0.4 is 0 Å². The third-order valence-electron chi connectivity index (χ3n) is 3.00. The second kappa shape index (κ2) is 4.80. The summed E-state index contributed by atoms with van der Waals surface area (Å²) in [6.07, 6.45) is 4.44. The Morgan fingerprint density at radius 3 is 2.43 bits per heavy atom. The summed E-state index contributed by atoms with van der Waals surface area (Å²) in [5.41, 5.74) is 1.40. The van der Waals surface area contributed by atoms with E-state index in [1.165, 1.54) is 31.6 Å². The van der Waals surface area contributed by atoms with Gasteiger partial charge in [0.1, 0.15) is 0 Å². The molecule has 80 valence electrons. The number of likely N-dealkylation sites (tertiary alicyclic amines) is 1. The Balaban J connectivity index is 0.000000980. The molecule has 0 aromatic carbocycles. The lowest BCUT2D eigenvalue weighted by atomic mass is 9.94. The number of halogens is 1. The predicted molar refractivity (Wildman–Crippen MR) is 59.9 cm³/mol. The van der Waals surface area contributed by atoms with Gasteiger partial charge in [-0.05, 0) is 39.0 Å². The maximum absolute atomic E-state index is 4.21. The molecule has 0 amide bonds. The number of piperidine rings is 1. The molecule has 2 rings (SSSR count). The molecule has 0 aliphatic carbocycles. The molecule has 0 spiro atoms. The number of nitrogens with zero attached hydrogens (tertiary/aromatic N) is 3. The van der Waals surface area contributed by atoms with Crippen LogP contribution in [0.15, 0.2) is 12.3 Å². The summed E-state index contributed by atoms with van der Waals surface area (Å²) in [4.78, 5) is 2.40. The van der Waals surface area contributed by atoms with E-state index in [4.69, 9.17) is 0 Å². The van der Waals surface area contributed by atoms with Crippen LogP contribution in [0, 0.1) is 0 Å². The van der Waals surface area contributed by atoms with Crippen molar-refractivity contribution in [2.24, 2.45) is 7.05 Å². The van der Waals surface area contributed by atoms with Crippen molar-refractivity contribution in [3.05, 3.63) is 18.0 Å². The first kappa shape index (κ1) is 11.5. The van der Waals surface area contributed by atoms with Gasteiger partial charge in [0.2, 0.25) is 0 Å². The number of rotatable bonds is 1. The molecule has 1 aliphatic rings. The lowest BCUT2D eigenvalue weighted by Crippen LogP contribution is -2.29. The molecule has 0 saturated carbocycles. The molecular formula is C10H18ClN3. The molecule has 3 nitrogen and oxygen atoms in total. The summed E-state index contributed by atoms with van der Waals surface area (Å²) in [7, 11) is 4.23. The van der Waals surface area contributed by atoms with Gasteiger partial charge in [-0.25, -0.2) is 0 Å². The van der Waals surface area contributed by atoms with E-state index in [9.17, 15) is 0 Å². The number of aromatic nitrogens is 2. The predicted octanol–water partition coefficient (Wildman–Crippen LogP) is 1.65. The smallest absolute Gasteiger partial charge is 0.0492 e. The molecule has 0 bridgehead atoms. The third kappa shape index (κ3) is 2.28. The molecule has 1 aliphatic heterocycles. The summed E-state index contributed by atoms with van der Waals surface area (Å²) in [6.45, 7) is 2.44. The van der Waals surface area contributed by atoms with Crippen molar-refractivity contribution >= 4 is 12.4 Å². The van der Waals surface area contributed by atoms with Gasteiger partial charge >= 0.3 is 0 Å². The van der Waals surface area contributed by atoms with Crippen molar-refractivity contribution in [3.63, 3.8) is 0 Å². The standard InChI is InChI=1S/C10H17N3.ClH/c1-12-7-4-9(5-8-12)10-3-6-11-13(10)2;/h3,6,9H,4-5,7-8H2,1-2H3;1H. The summed E-state index contributed by atoms with van der Waals surface area (Å²) in [6, 6.07) is 2.15. The Labute approximate surface area is 91.5 Å². The van der Waals surface area contributed by atoms with Gasteiger partial charge in [-0.1, -0.05) is 0 Å². The van der Waals surface area contributed by atoms with E-state index in [1.54, 1.807) is 0 Å². The topological polar surface area (TPSA) is 21.1 Å². The fourth-order valence-electron chi connectivity index (χ4n) is 2.09. The number of hydrogen-bond donors (Lipinski definition) is 0. The fourth-order valence-corrected chi connectivity index (χ4v) is 2.09.